The Labute approximate surface area is 106 Å². The lowest BCUT2D eigenvalue weighted by molar-refractivity contribution is -0.121. The van der Waals surface area contributed by atoms with Crippen LogP contribution in [0.2, 0.25) is 0 Å². The van der Waals surface area contributed by atoms with E-state index in [0.29, 0.717) is 18.5 Å². The molecule has 18 heavy (non-hydrogen) atoms. The van der Waals surface area contributed by atoms with Crippen LogP contribution in [0.15, 0.2) is 24.5 Å². The molecule has 0 aliphatic heterocycles. The molecule has 0 radical (unpaired) electrons. The molecule has 1 amide bonds. The van der Waals surface area contributed by atoms with Gasteiger partial charge in [0.25, 0.3) is 0 Å². The van der Waals surface area contributed by atoms with Crippen molar-refractivity contribution < 1.29 is 9.90 Å². The van der Waals surface area contributed by atoms with E-state index in [9.17, 15) is 9.90 Å². The van der Waals surface area contributed by atoms with E-state index < -0.39 is 5.54 Å². The van der Waals surface area contributed by atoms with E-state index in [4.69, 9.17) is 5.73 Å². The molecule has 0 atom stereocenters. The van der Waals surface area contributed by atoms with Crippen molar-refractivity contribution in [1.29, 1.82) is 0 Å². The summed E-state index contributed by atoms with van der Waals surface area (Å²) in [6, 6.07) is 3.60. The van der Waals surface area contributed by atoms with Crippen molar-refractivity contribution in [2.45, 2.75) is 31.2 Å². The van der Waals surface area contributed by atoms with Crippen LogP contribution in [-0.2, 0) is 4.79 Å². The summed E-state index contributed by atoms with van der Waals surface area (Å²) in [5.74, 6) is -0.00331. The molecule has 1 aliphatic rings. The number of rotatable bonds is 3. The van der Waals surface area contributed by atoms with Gasteiger partial charge in [0.1, 0.15) is 0 Å². The number of carbonyl (C=O) groups excluding carboxylic acids is 1. The van der Waals surface area contributed by atoms with Gasteiger partial charge in [-0.3, -0.25) is 9.78 Å². The summed E-state index contributed by atoms with van der Waals surface area (Å²) < 4.78 is 0. The van der Waals surface area contributed by atoms with Gasteiger partial charge in [-0.1, -0.05) is 0 Å². The number of hydrogen-bond donors (Lipinski definition) is 3. The zero-order valence-corrected chi connectivity index (χ0v) is 10.3. The number of hydrogen-bond acceptors (Lipinski definition) is 4. The van der Waals surface area contributed by atoms with Gasteiger partial charge >= 0.3 is 0 Å². The average Bonchev–Trinajstić information content (AvgIpc) is 2.40. The normalized spacial score (nSPS) is 27.8. The van der Waals surface area contributed by atoms with Crippen LogP contribution in [0.25, 0.3) is 0 Å². The molecule has 0 unspecified atom stereocenters. The van der Waals surface area contributed by atoms with E-state index >= 15 is 0 Å². The molecular formula is C13H19N3O2. The lowest BCUT2D eigenvalue weighted by Gasteiger charge is -2.35. The fraction of sp³-hybridized carbons (Fsp3) is 0.538. The first-order chi connectivity index (χ1) is 8.63. The maximum atomic E-state index is 12.0. The third-order valence-electron chi connectivity index (χ3n) is 3.60. The van der Waals surface area contributed by atoms with Gasteiger partial charge in [-0.05, 0) is 37.8 Å². The molecular weight excluding hydrogens is 230 g/mol. The predicted molar refractivity (Wildman–Crippen MR) is 68.8 cm³/mol. The summed E-state index contributed by atoms with van der Waals surface area (Å²) in [7, 11) is 0. The SMILES string of the molecule is NC1(CO)CCC(C(=O)Nc2cccnc2)CC1. The average molecular weight is 249 g/mol. The molecule has 0 bridgehead atoms. The van der Waals surface area contributed by atoms with E-state index in [2.05, 4.69) is 10.3 Å². The second-order valence-electron chi connectivity index (χ2n) is 5.03. The molecule has 0 aromatic carbocycles. The number of nitrogens with two attached hydrogens (primary N) is 1. The fourth-order valence-corrected chi connectivity index (χ4v) is 2.29. The van der Waals surface area contributed by atoms with Crippen LogP contribution in [0, 0.1) is 5.92 Å². The zero-order valence-electron chi connectivity index (χ0n) is 10.3. The van der Waals surface area contributed by atoms with Gasteiger partial charge in [-0.15, -0.1) is 0 Å². The highest BCUT2D eigenvalue weighted by Gasteiger charge is 2.33. The van der Waals surface area contributed by atoms with Crippen LogP contribution >= 0.6 is 0 Å². The Balaban J connectivity index is 1.88. The Hall–Kier alpha value is -1.46. The van der Waals surface area contributed by atoms with Crippen LogP contribution in [0.4, 0.5) is 5.69 Å². The van der Waals surface area contributed by atoms with Crippen LogP contribution in [0.5, 0.6) is 0 Å². The largest absolute Gasteiger partial charge is 0.394 e. The van der Waals surface area contributed by atoms with Crippen molar-refractivity contribution in [3.8, 4) is 0 Å². The van der Waals surface area contributed by atoms with Gasteiger partial charge in [0.05, 0.1) is 18.5 Å². The Bertz CT molecular complexity index is 400. The summed E-state index contributed by atoms with van der Waals surface area (Å²) in [6.07, 6.45) is 6.12. The summed E-state index contributed by atoms with van der Waals surface area (Å²) in [5, 5.41) is 12.0. The number of aliphatic hydroxyl groups excluding tert-OH is 1. The van der Waals surface area contributed by atoms with Crippen LogP contribution in [0.1, 0.15) is 25.7 Å². The minimum absolute atomic E-state index is 0.00998. The van der Waals surface area contributed by atoms with Gasteiger partial charge in [-0.25, -0.2) is 0 Å². The highest BCUT2D eigenvalue weighted by atomic mass is 16.3. The van der Waals surface area contributed by atoms with Crippen molar-refractivity contribution in [3.63, 3.8) is 0 Å². The van der Waals surface area contributed by atoms with Crippen molar-refractivity contribution in [3.05, 3.63) is 24.5 Å². The zero-order chi connectivity index (χ0) is 13.0. The number of anilines is 1. The monoisotopic (exact) mass is 249 g/mol. The topological polar surface area (TPSA) is 88.2 Å². The Kier molecular flexibility index (Phi) is 3.93. The summed E-state index contributed by atoms with van der Waals surface area (Å²) >= 11 is 0. The number of nitrogens with zero attached hydrogens (tertiary/aromatic N) is 1. The number of amides is 1. The highest BCUT2D eigenvalue weighted by Crippen LogP contribution is 2.30. The molecule has 98 valence electrons. The molecule has 1 aromatic rings. The van der Waals surface area contributed by atoms with Crippen molar-refractivity contribution >= 4 is 11.6 Å². The lowest BCUT2D eigenvalue weighted by Crippen LogP contribution is -2.47. The van der Waals surface area contributed by atoms with E-state index in [1.807, 2.05) is 6.07 Å². The molecule has 5 heteroatoms. The van der Waals surface area contributed by atoms with E-state index in [0.717, 1.165) is 12.8 Å². The van der Waals surface area contributed by atoms with Crippen molar-refractivity contribution in [2.24, 2.45) is 11.7 Å². The van der Waals surface area contributed by atoms with Gasteiger partial charge in [-0.2, -0.15) is 0 Å². The number of pyridine rings is 1. The number of aliphatic hydroxyl groups is 1. The molecule has 1 saturated carbocycles. The molecule has 1 aromatic heterocycles. The highest BCUT2D eigenvalue weighted by molar-refractivity contribution is 5.92. The molecule has 5 nitrogen and oxygen atoms in total. The van der Waals surface area contributed by atoms with Crippen LogP contribution in [-0.4, -0.2) is 28.1 Å². The van der Waals surface area contributed by atoms with Gasteiger partial charge < -0.3 is 16.2 Å². The minimum Gasteiger partial charge on any atom is -0.394 e. The second-order valence-corrected chi connectivity index (χ2v) is 5.03. The fourth-order valence-electron chi connectivity index (χ4n) is 2.29. The maximum absolute atomic E-state index is 12.0. The van der Waals surface area contributed by atoms with Crippen molar-refractivity contribution in [2.75, 3.05) is 11.9 Å². The van der Waals surface area contributed by atoms with Crippen LogP contribution in [0.3, 0.4) is 0 Å². The second kappa shape index (κ2) is 5.46. The summed E-state index contributed by atoms with van der Waals surface area (Å²) in [5.41, 5.74) is 6.20. The molecule has 1 heterocycles. The number of carbonyl (C=O) groups is 1. The lowest BCUT2D eigenvalue weighted by atomic mass is 9.77. The predicted octanol–water partition coefficient (Wildman–Crippen LogP) is 0.900. The third-order valence-corrected chi connectivity index (χ3v) is 3.60. The number of nitrogens with one attached hydrogen (secondary N) is 1. The number of aromatic nitrogens is 1. The Morgan fingerprint density at radius 1 is 1.56 bits per heavy atom. The first kappa shape index (κ1) is 13.0. The molecule has 2 rings (SSSR count). The van der Waals surface area contributed by atoms with E-state index in [1.54, 1.807) is 18.5 Å². The first-order valence-corrected chi connectivity index (χ1v) is 6.24. The standard InChI is InChI=1S/C13H19N3O2/c14-13(9-17)5-3-10(4-6-13)12(18)16-11-2-1-7-15-8-11/h1-2,7-8,10,17H,3-6,9,14H2,(H,16,18). The van der Waals surface area contributed by atoms with Crippen LogP contribution < -0.4 is 11.1 Å². The Morgan fingerprint density at radius 3 is 2.83 bits per heavy atom. The van der Waals surface area contributed by atoms with Gasteiger partial charge in [0, 0.05) is 17.7 Å². The van der Waals surface area contributed by atoms with E-state index in [-0.39, 0.29) is 18.4 Å². The molecule has 0 spiro atoms. The van der Waals surface area contributed by atoms with Gasteiger partial charge in [0.15, 0.2) is 0 Å². The molecule has 1 aliphatic carbocycles. The third kappa shape index (κ3) is 3.05. The summed E-state index contributed by atoms with van der Waals surface area (Å²) in [4.78, 5) is 16.0. The smallest absolute Gasteiger partial charge is 0.227 e. The molecule has 1 fully saturated rings. The quantitative estimate of drug-likeness (QED) is 0.742. The molecule has 4 N–H and O–H groups in total. The van der Waals surface area contributed by atoms with Crippen molar-refractivity contribution in [1.82, 2.24) is 4.98 Å². The van der Waals surface area contributed by atoms with Gasteiger partial charge in [0.2, 0.25) is 5.91 Å². The summed E-state index contributed by atoms with van der Waals surface area (Å²) in [6.45, 7) is -0.00998. The minimum atomic E-state index is -0.495. The maximum Gasteiger partial charge on any atom is 0.227 e. The Morgan fingerprint density at radius 2 is 2.28 bits per heavy atom. The van der Waals surface area contributed by atoms with E-state index in [1.165, 1.54) is 0 Å². The first-order valence-electron chi connectivity index (χ1n) is 6.24. The molecule has 0 saturated heterocycles.